The minimum Gasteiger partial charge on any atom is -0.440 e. The fourth-order valence-electron chi connectivity index (χ4n) is 1.65. The highest BCUT2D eigenvalue weighted by Gasteiger charge is 2.11. The van der Waals surface area contributed by atoms with Gasteiger partial charge in [-0.05, 0) is 35.9 Å². The summed E-state index contributed by atoms with van der Waals surface area (Å²) in [7, 11) is 0. The van der Waals surface area contributed by atoms with Gasteiger partial charge in [-0.25, -0.2) is 4.98 Å². The second-order valence-corrected chi connectivity index (χ2v) is 6.02. The molecule has 0 fully saturated rings. The van der Waals surface area contributed by atoms with Crippen LogP contribution in [-0.4, -0.2) is 11.5 Å². The van der Waals surface area contributed by atoms with Crippen molar-refractivity contribution in [2.75, 3.05) is 6.54 Å². The topological polar surface area (TPSA) is 38.1 Å². The predicted octanol–water partition coefficient (Wildman–Crippen LogP) is 4.22. The molecule has 0 bridgehead atoms. The summed E-state index contributed by atoms with van der Waals surface area (Å²) in [5.74, 6) is 0.627. The van der Waals surface area contributed by atoms with Gasteiger partial charge >= 0.3 is 0 Å². The van der Waals surface area contributed by atoms with E-state index in [2.05, 4.69) is 30.2 Å². The number of aromatic nitrogens is 1. The lowest BCUT2D eigenvalue weighted by molar-refractivity contribution is 0.454. The highest BCUT2D eigenvalue weighted by Crippen LogP contribution is 2.35. The molecule has 0 radical (unpaired) electrons. The molecule has 1 aromatic carbocycles. The number of hydrogen-bond acceptors (Lipinski definition) is 4. The van der Waals surface area contributed by atoms with Crippen LogP contribution in [-0.2, 0) is 6.54 Å². The largest absolute Gasteiger partial charge is 0.440 e. The van der Waals surface area contributed by atoms with Crippen molar-refractivity contribution >= 4 is 23.4 Å². The Hall–Kier alpha value is -0.970. The van der Waals surface area contributed by atoms with Gasteiger partial charge in [-0.3, -0.25) is 0 Å². The predicted molar refractivity (Wildman–Crippen MR) is 78.6 cm³/mol. The summed E-state index contributed by atoms with van der Waals surface area (Å²) in [5, 5.41) is 4.76. The van der Waals surface area contributed by atoms with Crippen LogP contribution in [0.1, 0.15) is 19.4 Å². The van der Waals surface area contributed by atoms with Crippen molar-refractivity contribution in [3.63, 3.8) is 0 Å². The number of hydrogen-bond donors (Lipinski definition) is 1. The molecule has 5 heteroatoms. The summed E-state index contributed by atoms with van der Waals surface area (Å²) in [6, 6.07) is 5.93. The third kappa shape index (κ3) is 4.27. The molecule has 3 nitrogen and oxygen atoms in total. The second kappa shape index (κ2) is 6.98. The van der Waals surface area contributed by atoms with Crippen molar-refractivity contribution in [3.8, 4) is 0 Å². The summed E-state index contributed by atoms with van der Waals surface area (Å²) in [6.45, 7) is 6.15. The van der Waals surface area contributed by atoms with E-state index >= 15 is 0 Å². The third-order valence-electron chi connectivity index (χ3n) is 2.52. The van der Waals surface area contributed by atoms with Crippen molar-refractivity contribution in [2.45, 2.75) is 30.5 Å². The molecule has 2 rings (SSSR count). The first-order chi connectivity index (χ1) is 9.16. The highest BCUT2D eigenvalue weighted by molar-refractivity contribution is 7.99. The zero-order valence-corrected chi connectivity index (χ0v) is 12.6. The molecule has 1 aromatic heterocycles. The van der Waals surface area contributed by atoms with Crippen LogP contribution in [0, 0.1) is 5.92 Å². The Morgan fingerprint density at radius 2 is 2.26 bits per heavy atom. The fraction of sp³-hybridized carbons (Fsp3) is 0.357. The van der Waals surface area contributed by atoms with E-state index in [1.54, 1.807) is 12.5 Å². The SMILES string of the molecule is CC(C)CNCc1cccc(Cl)c1Sc1ncco1. The maximum absolute atomic E-state index is 6.27. The van der Waals surface area contributed by atoms with Crippen molar-refractivity contribution in [1.29, 1.82) is 0 Å². The molecule has 0 saturated heterocycles. The van der Waals surface area contributed by atoms with Gasteiger partial charge in [-0.15, -0.1) is 0 Å². The van der Waals surface area contributed by atoms with Crippen LogP contribution in [0.5, 0.6) is 0 Å². The number of halogens is 1. The number of oxazole rings is 1. The summed E-state index contributed by atoms with van der Waals surface area (Å²) in [4.78, 5) is 5.12. The Balaban J connectivity index is 2.11. The van der Waals surface area contributed by atoms with Crippen molar-refractivity contribution in [1.82, 2.24) is 10.3 Å². The zero-order chi connectivity index (χ0) is 13.7. The monoisotopic (exact) mass is 296 g/mol. The molecule has 0 aliphatic rings. The molecule has 2 aromatic rings. The second-order valence-electron chi connectivity index (χ2n) is 4.65. The van der Waals surface area contributed by atoms with Crippen LogP contribution in [0.3, 0.4) is 0 Å². The third-order valence-corrected chi connectivity index (χ3v) is 4.01. The van der Waals surface area contributed by atoms with E-state index in [9.17, 15) is 0 Å². The minimum absolute atomic E-state index is 0.609. The highest BCUT2D eigenvalue weighted by atomic mass is 35.5. The van der Waals surface area contributed by atoms with E-state index < -0.39 is 0 Å². The number of nitrogens with zero attached hydrogens (tertiary/aromatic N) is 1. The maximum atomic E-state index is 6.27. The molecule has 0 saturated carbocycles. The standard InChI is InChI=1S/C14H17ClN2OS/c1-10(2)8-16-9-11-4-3-5-12(15)13(11)19-14-17-6-7-18-14/h3-7,10,16H,8-9H2,1-2H3. The Morgan fingerprint density at radius 1 is 1.42 bits per heavy atom. The molecule has 0 unspecified atom stereocenters. The molecule has 102 valence electrons. The van der Waals surface area contributed by atoms with Crippen LogP contribution in [0.25, 0.3) is 0 Å². The van der Waals surface area contributed by atoms with E-state index in [-0.39, 0.29) is 0 Å². The van der Waals surface area contributed by atoms with Gasteiger partial charge < -0.3 is 9.73 Å². The van der Waals surface area contributed by atoms with Gasteiger partial charge in [0.2, 0.25) is 0 Å². The lowest BCUT2D eigenvalue weighted by Gasteiger charge is -2.11. The molecule has 1 heterocycles. The molecule has 19 heavy (non-hydrogen) atoms. The molecule has 0 aliphatic heterocycles. The molecule has 0 spiro atoms. The Kier molecular flexibility index (Phi) is 5.31. The minimum atomic E-state index is 0.609. The van der Waals surface area contributed by atoms with Crippen LogP contribution >= 0.6 is 23.4 Å². The van der Waals surface area contributed by atoms with Crippen LogP contribution < -0.4 is 5.32 Å². The number of nitrogens with one attached hydrogen (secondary N) is 1. The van der Waals surface area contributed by atoms with Gasteiger partial charge in [0.25, 0.3) is 5.22 Å². The normalized spacial score (nSPS) is 11.2. The molecular formula is C14H17ClN2OS. The molecular weight excluding hydrogens is 280 g/mol. The number of benzene rings is 1. The first kappa shape index (κ1) is 14.4. The van der Waals surface area contributed by atoms with Gasteiger partial charge in [-0.1, -0.05) is 37.6 Å². The van der Waals surface area contributed by atoms with Gasteiger partial charge in [0.15, 0.2) is 0 Å². The Bertz CT molecular complexity index is 514. The van der Waals surface area contributed by atoms with Gasteiger partial charge in [0, 0.05) is 11.4 Å². The Morgan fingerprint density at radius 3 is 2.95 bits per heavy atom. The lowest BCUT2D eigenvalue weighted by atomic mass is 10.2. The molecule has 1 N–H and O–H groups in total. The van der Waals surface area contributed by atoms with Crippen LogP contribution in [0.4, 0.5) is 0 Å². The van der Waals surface area contributed by atoms with E-state index in [4.69, 9.17) is 16.0 Å². The van der Waals surface area contributed by atoms with Crippen molar-refractivity contribution in [3.05, 3.63) is 41.2 Å². The average molecular weight is 297 g/mol. The summed E-state index contributed by atoms with van der Waals surface area (Å²) in [5.41, 5.74) is 1.16. The summed E-state index contributed by atoms with van der Waals surface area (Å²) < 4.78 is 5.26. The van der Waals surface area contributed by atoms with Crippen molar-refractivity contribution < 1.29 is 4.42 Å². The van der Waals surface area contributed by atoms with E-state index in [0.717, 1.165) is 28.6 Å². The Labute approximate surface area is 122 Å². The summed E-state index contributed by atoms with van der Waals surface area (Å²) >= 11 is 7.73. The van der Waals surface area contributed by atoms with Crippen LogP contribution in [0.15, 0.2) is 45.2 Å². The maximum Gasteiger partial charge on any atom is 0.260 e. The van der Waals surface area contributed by atoms with Gasteiger partial charge in [0.1, 0.15) is 6.26 Å². The van der Waals surface area contributed by atoms with Gasteiger partial charge in [0.05, 0.1) is 11.2 Å². The smallest absolute Gasteiger partial charge is 0.260 e. The summed E-state index contributed by atoms with van der Waals surface area (Å²) in [6.07, 6.45) is 3.20. The van der Waals surface area contributed by atoms with E-state index in [1.807, 2.05) is 12.1 Å². The fourth-order valence-corrected chi connectivity index (χ4v) is 2.79. The van der Waals surface area contributed by atoms with Crippen LogP contribution in [0.2, 0.25) is 5.02 Å². The average Bonchev–Trinajstić information content (AvgIpc) is 2.85. The molecule has 0 aliphatic carbocycles. The quantitative estimate of drug-likeness (QED) is 0.866. The van der Waals surface area contributed by atoms with Gasteiger partial charge in [-0.2, -0.15) is 0 Å². The first-order valence-corrected chi connectivity index (χ1v) is 7.41. The van der Waals surface area contributed by atoms with E-state index in [0.29, 0.717) is 11.1 Å². The molecule has 0 amide bonds. The molecule has 0 atom stereocenters. The zero-order valence-electron chi connectivity index (χ0n) is 11.0. The van der Waals surface area contributed by atoms with E-state index in [1.165, 1.54) is 11.8 Å². The number of rotatable bonds is 6. The van der Waals surface area contributed by atoms with Crippen molar-refractivity contribution in [2.24, 2.45) is 5.92 Å². The first-order valence-electron chi connectivity index (χ1n) is 6.22. The lowest BCUT2D eigenvalue weighted by Crippen LogP contribution is -2.19.